The predicted molar refractivity (Wildman–Crippen MR) is 84.4 cm³/mol. The van der Waals surface area contributed by atoms with Gasteiger partial charge in [0, 0.05) is 37.5 Å². The maximum absolute atomic E-state index is 12.2. The van der Waals surface area contributed by atoms with E-state index in [0.29, 0.717) is 19.0 Å². The van der Waals surface area contributed by atoms with Crippen molar-refractivity contribution in [3.8, 4) is 0 Å². The van der Waals surface area contributed by atoms with Gasteiger partial charge in [0.05, 0.1) is 6.20 Å². The van der Waals surface area contributed by atoms with Crippen molar-refractivity contribution in [2.24, 2.45) is 5.73 Å². The summed E-state index contributed by atoms with van der Waals surface area (Å²) in [5.74, 6) is -0.429. The van der Waals surface area contributed by atoms with Crippen LogP contribution in [0.5, 0.6) is 0 Å². The molecule has 2 aromatic rings. The van der Waals surface area contributed by atoms with Crippen LogP contribution in [-0.2, 0) is 4.79 Å². The lowest BCUT2D eigenvalue weighted by Gasteiger charge is -2.39. The van der Waals surface area contributed by atoms with E-state index in [1.165, 1.54) is 24.2 Å². The number of nitrogens with two attached hydrogens (primary N) is 1. The first-order chi connectivity index (χ1) is 11.1. The first-order valence-corrected chi connectivity index (χ1v) is 7.27. The molecule has 1 aliphatic rings. The van der Waals surface area contributed by atoms with Crippen LogP contribution >= 0.6 is 0 Å². The Morgan fingerprint density at radius 3 is 2.57 bits per heavy atom. The quantitative estimate of drug-likeness (QED) is 0.675. The number of allylic oxidation sites excluding steroid dienone is 1. The molecule has 0 bridgehead atoms. The van der Waals surface area contributed by atoms with Crippen molar-refractivity contribution >= 4 is 11.7 Å². The highest BCUT2D eigenvalue weighted by Gasteiger charge is 2.32. The van der Waals surface area contributed by atoms with Crippen molar-refractivity contribution in [3.05, 3.63) is 72.0 Å². The zero-order valence-corrected chi connectivity index (χ0v) is 12.4. The number of carbonyl (C=O) groups excluding carboxylic acids is 2. The van der Waals surface area contributed by atoms with Gasteiger partial charge in [-0.15, -0.1) is 0 Å². The minimum atomic E-state index is -0.427. The van der Waals surface area contributed by atoms with Crippen LogP contribution in [0.3, 0.4) is 0 Å². The Hall–Kier alpha value is -3.02. The summed E-state index contributed by atoms with van der Waals surface area (Å²) in [4.78, 5) is 33.5. The molecule has 0 aliphatic carbocycles. The average Bonchev–Trinajstić information content (AvgIpc) is 2.55. The Morgan fingerprint density at radius 2 is 1.91 bits per heavy atom. The molecule has 0 atom stereocenters. The maximum atomic E-state index is 12.2. The van der Waals surface area contributed by atoms with Gasteiger partial charge in [-0.2, -0.15) is 0 Å². The first-order valence-electron chi connectivity index (χ1n) is 7.27. The van der Waals surface area contributed by atoms with Crippen molar-refractivity contribution in [1.82, 2.24) is 14.9 Å². The summed E-state index contributed by atoms with van der Waals surface area (Å²) in [5, 5.41) is 0. The molecule has 23 heavy (non-hydrogen) atoms. The molecular weight excluding hydrogens is 292 g/mol. The summed E-state index contributed by atoms with van der Waals surface area (Å²) < 4.78 is 0. The SMILES string of the molecule is NC(=CC(=O)c1cnccn1)C(=O)N1CC(c2ccccc2)C1. The fraction of sp³-hybridized carbons (Fsp3) is 0.176. The van der Waals surface area contributed by atoms with Gasteiger partial charge in [0.25, 0.3) is 5.91 Å². The van der Waals surface area contributed by atoms with Gasteiger partial charge in [0.2, 0.25) is 5.78 Å². The summed E-state index contributed by atoms with van der Waals surface area (Å²) in [6, 6.07) is 10.0. The number of hydrogen-bond acceptors (Lipinski definition) is 5. The Kier molecular flexibility index (Phi) is 4.14. The average molecular weight is 308 g/mol. The van der Waals surface area contributed by atoms with E-state index in [2.05, 4.69) is 9.97 Å². The number of ketones is 1. The lowest BCUT2D eigenvalue weighted by atomic mass is 9.91. The molecule has 2 N–H and O–H groups in total. The summed E-state index contributed by atoms with van der Waals surface area (Å²) >= 11 is 0. The van der Waals surface area contributed by atoms with E-state index in [4.69, 9.17) is 5.73 Å². The van der Waals surface area contributed by atoms with Crippen LogP contribution in [0.4, 0.5) is 0 Å². The van der Waals surface area contributed by atoms with E-state index in [0.717, 1.165) is 6.08 Å². The Bertz CT molecular complexity index is 738. The van der Waals surface area contributed by atoms with E-state index in [9.17, 15) is 9.59 Å². The lowest BCUT2D eigenvalue weighted by Crippen LogP contribution is -2.50. The normalized spacial score (nSPS) is 15.1. The van der Waals surface area contributed by atoms with E-state index in [1.54, 1.807) is 4.90 Å². The van der Waals surface area contributed by atoms with Gasteiger partial charge in [-0.3, -0.25) is 14.6 Å². The second-order valence-corrected chi connectivity index (χ2v) is 5.37. The summed E-state index contributed by atoms with van der Waals surface area (Å²) in [6.45, 7) is 1.22. The van der Waals surface area contributed by atoms with Crippen molar-refractivity contribution in [2.45, 2.75) is 5.92 Å². The number of aromatic nitrogens is 2. The molecule has 3 rings (SSSR count). The number of nitrogens with zero attached hydrogens (tertiary/aromatic N) is 3. The molecule has 2 heterocycles. The zero-order valence-electron chi connectivity index (χ0n) is 12.4. The molecule has 1 amide bonds. The number of amides is 1. The van der Waals surface area contributed by atoms with Crippen molar-refractivity contribution in [2.75, 3.05) is 13.1 Å². The number of hydrogen-bond donors (Lipinski definition) is 1. The third-order valence-electron chi connectivity index (χ3n) is 3.79. The van der Waals surface area contributed by atoms with Gasteiger partial charge < -0.3 is 10.6 Å². The minimum Gasteiger partial charge on any atom is -0.394 e. The molecular formula is C17H16N4O2. The van der Waals surface area contributed by atoms with Crippen LogP contribution in [0, 0.1) is 0 Å². The van der Waals surface area contributed by atoms with Gasteiger partial charge in [-0.05, 0) is 5.56 Å². The molecule has 1 aromatic heterocycles. The number of carbonyl (C=O) groups is 2. The fourth-order valence-corrected chi connectivity index (χ4v) is 2.47. The monoisotopic (exact) mass is 308 g/mol. The third-order valence-corrected chi connectivity index (χ3v) is 3.79. The second-order valence-electron chi connectivity index (χ2n) is 5.37. The van der Waals surface area contributed by atoms with Gasteiger partial charge >= 0.3 is 0 Å². The Morgan fingerprint density at radius 1 is 1.17 bits per heavy atom. The van der Waals surface area contributed by atoms with Gasteiger partial charge in [-0.25, -0.2) is 4.98 Å². The molecule has 1 aliphatic heterocycles. The molecule has 116 valence electrons. The van der Waals surface area contributed by atoms with Crippen LogP contribution in [0.25, 0.3) is 0 Å². The third kappa shape index (κ3) is 3.26. The van der Waals surface area contributed by atoms with Crippen molar-refractivity contribution in [1.29, 1.82) is 0 Å². The van der Waals surface area contributed by atoms with Gasteiger partial charge in [-0.1, -0.05) is 30.3 Å². The molecule has 1 aromatic carbocycles. The minimum absolute atomic E-state index is 0.0767. The molecule has 0 unspecified atom stereocenters. The second kappa shape index (κ2) is 6.39. The molecule has 0 saturated carbocycles. The van der Waals surface area contributed by atoms with E-state index >= 15 is 0 Å². The lowest BCUT2D eigenvalue weighted by molar-refractivity contribution is -0.131. The number of benzene rings is 1. The largest absolute Gasteiger partial charge is 0.394 e. The highest BCUT2D eigenvalue weighted by atomic mass is 16.2. The van der Waals surface area contributed by atoms with Crippen LogP contribution in [-0.4, -0.2) is 39.6 Å². The fourth-order valence-electron chi connectivity index (χ4n) is 2.47. The van der Waals surface area contributed by atoms with E-state index in [1.807, 2.05) is 30.3 Å². The molecule has 0 spiro atoms. The smallest absolute Gasteiger partial charge is 0.269 e. The van der Waals surface area contributed by atoms with Crippen LogP contribution in [0.15, 0.2) is 60.7 Å². The first kappa shape index (κ1) is 14.9. The standard InChI is InChI=1S/C17H16N4O2/c18-14(8-16(22)15-9-19-6-7-20-15)17(23)21-10-13(11-21)12-4-2-1-3-5-12/h1-9,13H,10-11,18H2. The molecule has 6 heteroatoms. The Labute approximate surface area is 133 Å². The van der Waals surface area contributed by atoms with E-state index < -0.39 is 5.78 Å². The van der Waals surface area contributed by atoms with Crippen molar-refractivity contribution < 1.29 is 9.59 Å². The predicted octanol–water partition coefficient (Wildman–Crippen LogP) is 1.13. The zero-order chi connectivity index (χ0) is 16.2. The highest BCUT2D eigenvalue weighted by Crippen LogP contribution is 2.27. The number of rotatable bonds is 4. The van der Waals surface area contributed by atoms with Crippen LogP contribution < -0.4 is 5.73 Å². The molecule has 1 saturated heterocycles. The highest BCUT2D eigenvalue weighted by molar-refractivity contribution is 6.08. The molecule has 1 fully saturated rings. The summed E-state index contributed by atoms with van der Waals surface area (Å²) in [6.07, 6.45) is 5.34. The topological polar surface area (TPSA) is 89.2 Å². The van der Waals surface area contributed by atoms with Gasteiger partial charge in [0.1, 0.15) is 11.4 Å². The molecule has 0 radical (unpaired) electrons. The van der Waals surface area contributed by atoms with Crippen molar-refractivity contribution in [3.63, 3.8) is 0 Å². The number of likely N-dealkylation sites (tertiary alicyclic amines) is 1. The summed E-state index contributed by atoms with van der Waals surface area (Å²) in [5.41, 5.74) is 7.04. The molecule has 6 nitrogen and oxygen atoms in total. The van der Waals surface area contributed by atoms with Crippen LogP contribution in [0.1, 0.15) is 22.0 Å². The Balaban J connectivity index is 1.61. The van der Waals surface area contributed by atoms with Crippen LogP contribution in [0.2, 0.25) is 0 Å². The maximum Gasteiger partial charge on any atom is 0.269 e. The van der Waals surface area contributed by atoms with Gasteiger partial charge in [0.15, 0.2) is 0 Å². The van der Waals surface area contributed by atoms with E-state index in [-0.39, 0.29) is 17.3 Å². The summed E-state index contributed by atoms with van der Waals surface area (Å²) in [7, 11) is 0.